The molecule has 0 unspecified atom stereocenters. The maximum atomic E-state index is 13.7. The van der Waals surface area contributed by atoms with Crippen LogP contribution in [0, 0.1) is 17.3 Å². The molecule has 0 aliphatic heterocycles. The summed E-state index contributed by atoms with van der Waals surface area (Å²) in [6, 6.07) is 4.51. The van der Waals surface area contributed by atoms with E-state index in [1.165, 1.54) is 17.8 Å². The van der Waals surface area contributed by atoms with Gasteiger partial charge in [-0.15, -0.1) is 0 Å². The van der Waals surface area contributed by atoms with Crippen molar-refractivity contribution in [1.82, 2.24) is 5.32 Å². The van der Waals surface area contributed by atoms with Gasteiger partial charge in [0.25, 0.3) is 0 Å². The molecule has 1 aromatic rings. The highest BCUT2D eigenvalue weighted by atomic mass is 32.2. The smallest absolute Gasteiger partial charge is 0.183 e. The molecule has 4 nitrogen and oxygen atoms in total. The van der Waals surface area contributed by atoms with Crippen molar-refractivity contribution in [1.29, 1.82) is 5.26 Å². The summed E-state index contributed by atoms with van der Waals surface area (Å²) in [4.78, 5) is 4.07. The second-order valence-electron chi connectivity index (χ2n) is 3.61. The van der Waals surface area contributed by atoms with Crippen LogP contribution in [-0.2, 0) is 0 Å². The van der Waals surface area contributed by atoms with Crippen LogP contribution in [0.1, 0.15) is 13.8 Å². The first-order chi connectivity index (χ1) is 8.58. The summed E-state index contributed by atoms with van der Waals surface area (Å²) in [6.07, 6.45) is 3.42. The molecule has 18 heavy (non-hydrogen) atoms. The Labute approximate surface area is 110 Å². The number of para-hydroxylation sites is 1. The van der Waals surface area contributed by atoms with Gasteiger partial charge in [0.2, 0.25) is 0 Å². The summed E-state index contributed by atoms with van der Waals surface area (Å²) in [7, 11) is 0. The lowest BCUT2D eigenvalue weighted by Crippen LogP contribution is -2.13. The average Bonchev–Trinajstić information content (AvgIpc) is 2.31. The monoisotopic (exact) mass is 267 g/mol. The Morgan fingerprint density at radius 3 is 2.83 bits per heavy atom. The van der Waals surface area contributed by atoms with Crippen molar-refractivity contribution in [3.05, 3.63) is 24.0 Å². The van der Waals surface area contributed by atoms with Crippen molar-refractivity contribution >= 4 is 22.6 Å². The molecule has 6 heteroatoms. The van der Waals surface area contributed by atoms with Crippen LogP contribution in [0.25, 0.3) is 0 Å². The summed E-state index contributed by atoms with van der Waals surface area (Å²) < 4.78 is 19.2. The van der Waals surface area contributed by atoms with Crippen molar-refractivity contribution < 1.29 is 9.13 Å². The van der Waals surface area contributed by atoms with E-state index in [-0.39, 0.29) is 11.8 Å². The molecule has 0 bridgehead atoms. The fourth-order valence-corrected chi connectivity index (χ4v) is 1.56. The zero-order valence-electron chi connectivity index (χ0n) is 10.4. The van der Waals surface area contributed by atoms with E-state index < -0.39 is 5.82 Å². The minimum atomic E-state index is -0.487. The van der Waals surface area contributed by atoms with Crippen molar-refractivity contribution in [2.45, 2.75) is 20.0 Å². The largest absolute Gasteiger partial charge is 0.489 e. The van der Waals surface area contributed by atoms with Gasteiger partial charge in [-0.25, -0.2) is 9.38 Å². The third kappa shape index (κ3) is 3.93. The first-order valence-corrected chi connectivity index (χ1v) is 6.54. The summed E-state index contributed by atoms with van der Waals surface area (Å²) >= 11 is 1.22. The van der Waals surface area contributed by atoms with E-state index in [9.17, 15) is 4.39 Å². The molecule has 1 N–H and O–H groups in total. The minimum absolute atomic E-state index is 0.0811. The van der Waals surface area contributed by atoms with Crippen LogP contribution >= 0.6 is 11.8 Å². The van der Waals surface area contributed by atoms with Crippen LogP contribution < -0.4 is 10.1 Å². The van der Waals surface area contributed by atoms with E-state index in [0.29, 0.717) is 10.9 Å². The number of amidine groups is 1. The van der Waals surface area contributed by atoms with Crippen LogP contribution in [0.3, 0.4) is 0 Å². The van der Waals surface area contributed by atoms with E-state index in [2.05, 4.69) is 10.3 Å². The number of nitrogens with zero attached hydrogens (tertiary/aromatic N) is 2. The molecule has 0 amide bonds. The van der Waals surface area contributed by atoms with Gasteiger partial charge in [-0.05, 0) is 32.2 Å². The van der Waals surface area contributed by atoms with Crippen molar-refractivity contribution in [3.63, 3.8) is 0 Å². The first-order valence-electron chi connectivity index (χ1n) is 5.31. The Hall–Kier alpha value is -1.74. The quantitative estimate of drug-likeness (QED) is 0.396. The molecule has 1 aromatic carbocycles. The Morgan fingerprint density at radius 1 is 1.56 bits per heavy atom. The standard InChI is InChI=1S/C12H14FN3OS/c1-8(2)17-10-6-4-5-9(13)11(10)16-12(18-3)15-7-14/h4-6,8H,1-3H3,(H,15,16). The molecule has 0 heterocycles. The van der Waals surface area contributed by atoms with Gasteiger partial charge in [-0.3, -0.25) is 5.32 Å². The number of aliphatic imine (C=N–C) groups is 1. The predicted octanol–water partition coefficient (Wildman–Crippen LogP) is 3.03. The number of hydrogen-bond acceptors (Lipinski definition) is 4. The number of nitriles is 1. The minimum Gasteiger partial charge on any atom is -0.489 e. The zero-order valence-corrected chi connectivity index (χ0v) is 11.2. The molecule has 0 atom stereocenters. The van der Waals surface area contributed by atoms with Crippen LogP contribution in [0.4, 0.5) is 10.1 Å². The third-order valence-electron chi connectivity index (χ3n) is 1.88. The maximum Gasteiger partial charge on any atom is 0.183 e. The topological polar surface area (TPSA) is 57.4 Å². The number of thioether (sulfide) groups is 1. The Balaban J connectivity index is 3.17. The van der Waals surface area contributed by atoms with Crippen LogP contribution in [0.5, 0.6) is 5.75 Å². The van der Waals surface area contributed by atoms with Gasteiger partial charge in [0, 0.05) is 0 Å². The SMILES string of the molecule is CSC(=Nc1c(F)cccc1OC(C)C)NC#N. The lowest BCUT2D eigenvalue weighted by atomic mass is 10.3. The van der Waals surface area contributed by atoms with Crippen molar-refractivity contribution in [3.8, 4) is 11.9 Å². The first kappa shape index (κ1) is 14.3. The molecule has 0 fully saturated rings. The Morgan fingerprint density at radius 2 is 2.28 bits per heavy atom. The summed E-state index contributed by atoms with van der Waals surface area (Å²) in [5.41, 5.74) is 0.0956. The van der Waals surface area contributed by atoms with E-state index in [1.807, 2.05) is 13.8 Å². The molecule has 96 valence electrons. The molecule has 0 radical (unpaired) electrons. The van der Waals surface area contributed by atoms with Gasteiger partial charge in [0.15, 0.2) is 17.2 Å². The highest BCUT2D eigenvalue weighted by Crippen LogP contribution is 2.31. The normalized spacial score (nSPS) is 11.2. The van der Waals surface area contributed by atoms with E-state index >= 15 is 0 Å². The highest BCUT2D eigenvalue weighted by molar-refractivity contribution is 8.13. The van der Waals surface area contributed by atoms with E-state index in [0.717, 1.165) is 0 Å². The van der Waals surface area contributed by atoms with Gasteiger partial charge in [-0.2, -0.15) is 5.26 Å². The van der Waals surface area contributed by atoms with Crippen LogP contribution in [0.2, 0.25) is 0 Å². The summed E-state index contributed by atoms with van der Waals surface area (Å²) in [6.45, 7) is 3.70. The zero-order chi connectivity index (χ0) is 13.5. The molecule has 0 spiro atoms. The van der Waals surface area contributed by atoms with Gasteiger partial charge < -0.3 is 4.74 Å². The number of nitrogens with one attached hydrogen (secondary N) is 1. The van der Waals surface area contributed by atoms with Crippen LogP contribution in [-0.4, -0.2) is 17.5 Å². The fourth-order valence-electron chi connectivity index (χ4n) is 1.23. The van der Waals surface area contributed by atoms with E-state index in [1.54, 1.807) is 24.6 Å². The van der Waals surface area contributed by atoms with Crippen molar-refractivity contribution in [2.75, 3.05) is 6.26 Å². The van der Waals surface area contributed by atoms with Crippen LogP contribution in [0.15, 0.2) is 23.2 Å². The lowest BCUT2D eigenvalue weighted by molar-refractivity contribution is 0.242. The second-order valence-corrected chi connectivity index (χ2v) is 4.41. The molecule has 1 rings (SSSR count). The maximum absolute atomic E-state index is 13.7. The fraction of sp³-hybridized carbons (Fsp3) is 0.333. The molecule has 0 saturated carbocycles. The molecular formula is C12H14FN3OS. The number of halogens is 1. The van der Waals surface area contributed by atoms with Gasteiger partial charge >= 0.3 is 0 Å². The lowest BCUT2D eigenvalue weighted by Gasteiger charge is -2.12. The summed E-state index contributed by atoms with van der Waals surface area (Å²) in [5, 5.41) is 11.3. The molecule has 0 aliphatic carbocycles. The second kappa shape index (κ2) is 6.87. The Kier molecular flexibility index (Phi) is 5.46. The number of rotatable bonds is 3. The van der Waals surface area contributed by atoms with Crippen molar-refractivity contribution in [2.24, 2.45) is 4.99 Å². The Bertz CT molecular complexity index is 483. The number of hydrogen-bond donors (Lipinski definition) is 1. The summed E-state index contributed by atoms with van der Waals surface area (Å²) in [5.74, 6) is -0.129. The highest BCUT2D eigenvalue weighted by Gasteiger charge is 2.11. The average molecular weight is 267 g/mol. The third-order valence-corrected chi connectivity index (χ3v) is 2.46. The molecule has 0 saturated heterocycles. The predicted molar refractivity (Wildman–Crippen MR) is 71.5 cm³/mol. The number of ether oxygens (including phenoxy) is 1. The number of benzene rings is 1. The molecule has 0 aliphatic rings. The van der Waals surface area contributed by atoms with Gasteiger partial charge in [-0.1, -0.05) is 17.8 Å². The molecule has 0 aromatic heterocycles. The van der Waals surface area contributed by atoms with Gasteiger partial charge in [0.05, 0.1) is 6.10 Å². The van der Waals surface area contributed by atoms with E-state index in [4.69, 9.17) is 10.00 Å². The molecular weight excluding hydrogens is 253 g/mol. The van der Waals surface area contributed by atoms with Gasteiger partial charge in [0.1, 0.15) is 11.4 Å².